The third-order valence-corrected chi connectivity index (χ3v) is 2.49. The molecule has 84 valence electrons. The average Bonchev–Trinajstić information content (AvgIpc) is 2.35. The van der Waals surface area contributed by atoms with Crippen LogP contribution in [0.2, 0.25) is 0 Å². The molecule has 1 rings (SSSR count). The fourth-order valence-corrected chi connectivity index (χ4v) is 1.51. The Labute approximate surface area is 97.8 Å². The third-order valence-electron chi connectivity index (χ3n) is 2.49. The summed E-state index contributed by atoms with van der Waals surface area (Å²) in [7, 11) is 0. The Morgan fingerprint density at radius 2 is 2.12 bits per heavy atom. The molecule has 1 nitrogen and oxygen atoms in total. The zero-order chi connectivity index (χ0) is 11.8. The van der Waals surface area contributed by atoms with Crippen molar-refractivity contribution in [1.29, 1.82) is 0 Å². The van der Waals surface area contributed by atoms with Gasteiger partial charge in [0.2, 0.25) is 0 Å². The minimum absolute atomic E-state index is 0.593. The van der Waals surface area contributed by atoms with Crippen molar-refractivity contribution in [2.45, 2.75) is 32.3 Å². The molecule has 1 atom stereocenters. The number of hydrogen-bond donors (Lipinski definition) is 1. The minimum atomic E-state index is -0.593. The van der Waals surface area contributed by atoms with E-state index in [2.05, 4.69) is 12.8 Å². The summed E-state index contributed by atoms with van der Waals surface area (Å²) in [6, 6.07) is 9.55. The highest BCUT2D eigenvalue weighted by atomic mass is 16.3. The van der Waals surface area contributed by atoms with Gasteiger partial charge in [-0.3, -0.25) is 0 Å². The first kappa shape index (κ1) is 12.5. The summed E-state index contributed by atoms with van der Waals surface area (Å²) in [6.45, 7) is 2.13. The zero-order valence-electron chi connectivity index (χ0n) is 9.69. The van der Waals surface area contributed by atoms with Crippen molar-refractivity contribution < 1.29 is 5.11 Å². The predicted octanol–water partition coefficient (Wildman–Crippen LogP) is 3.47. The topological polar surface area (TPSA) is 20.2 Å². The molecule has 0 aliphatic heterocycles. The van der Waals surface area contributed by atoms with Gasteiger partial charge in [-0.25, -0.2) is 0 Å². The lowest BCUT2D eigenvalue weighted by Crippen LogP contribution is -1.94. The molecule has 0 amide bonds. The molecule has 0 heterocycles. The van der Waals surface area contributed by atoms with Crippen LogP contribution in [0.1, 0.15) is 37.9 Å². The van der Waals surface area contributed by atoms with Crippen molar-refractivity contribution in [2.24, 2.45) is 0 Å². The van der Waals surface area contributed by atoms with E-state index in [1.807, 2.05) is 30.3 Å². The van der Waals surface area contributed by atoms with Gasteiger partial charge in [-0.1, -0.05) is 49.6 Å². The van der Waals surface area contributed by atoms with Gasteiger partial charge in [-0.05, 0) is 24.5 Å². The Bertz CT molecular complexity index is 370. The van der Waals surface area contributed by atoms with Gasteiger partial charge in [0.15, 0.2) is 0 Å². The Kier molecular flexibility index (Phi) is 5.39. The molecule has 0 radical (unpaired) electrons. The molecule has 1 N–H and O–H groups in total. The van der Waals surface area contributed by atoms with Crippen LogP contribution in [-0.4, -0.2) is 5.11 Å². The number of benzene rings is 1. The maximum absolute atomic E-state index is 9.95. The van der Waals surface area contributed by atoms with Crippen LogP contribution in [0.5, 0.6) is 0 Å². The summed E-state index contributed by atoms with van der Waals surface area (Å²) in [4.78, 5) is 0. The van der Waals surface area contributed by atoms with Gasteiger partial charge in [-0.2, -0.15) is 0 Å². The zero-order valence-corrected chi connectivity index (χ0v) is 9.69. The molecule has 1 aromatic rings. The van der Waals surface area contributed by atoms with E-state index in [1.165, 1.54) is 0 Å². The summed E-state index contributed by atoms with van der Waals surface area (Å²) >= 11 is 0. The van der Waals surface area contributed by atoms with Crippen LogP contribution in [0.3, 0.4) is 0 Å². The molecule has 0 bridgehead atoms. The Morgan fingerprint density at radius 1 is 1.44 bits per heavy atom. The summed E-state index contributed by atoms with van der Waals surface area (Å²) < 4.78 is 0. The normalized spacial score (nSPS) is 13.2. The highest BCUT2D eigenvalue weighted by molar-refractivity contribution is 5.30. The molecule has 0 aliphatic rings. The van der Waals surface area contributed by atoms with Crippen molar-refractivity contribution in [1.82, 2.24) is 0 Å². The molecule has 0 spiro atoms. The Balaban J connectivity index is 2.71. The van der Waals surface area contributed by atoms with Crippen molar-refractivity contribution in [3.8, 4) is 12.3 Å². The predicted molar refractivity (Wildman–Crippen MR) is 67.8 cm³/mol. The lowest BCUT2D eigenvalue weighted by atomic mass is 10.0. The Morgan fingerprint density at radius 3 is 2.69 bits per heavy atom. The maximum atomic E-state index is 9.95. The fourth-order valence-electron chi connectivity index (χ4n) is 1.51. The molecule has 0 fully saturated rings. The van der Waals surface area contributed by atoms with Crippen molar-refractivity contribution in [2.75, 3.05) is 0 Å². The summed E-state index contributed by atoms with van der Waals surface area (Å²) in [5.74, 6) is 2.64. The number of aliphatic hydroxyl groups excluding tert-OH is 1. The molecule has 1 aromatic carbocycles. The number of terminal acetylenes is 1. The molecule has 0 saturated carbocycles. The molecule has 1 heteroatoms. The smallest absolute Gasteiger partial charge is 0.0983 e. The summed E-state index contributed by atoms with van der Waals surface area (Å²) in [5.41, 5.74) is 1.77. The van der Waals surface area contributed by atoms with Crippen LogP contribution in [0.15, 0.2) is 42.0 Å². The lowest BCUT2D eigenvalue weighted by Gasteiger charge is -2.07. The molecule has 1 unspecified atom stereocenters. The monoisotopic (exact) mass is 214 g/mol. The van der Waals surface area contributed by atoms with Gasteiger partial charge in [0.1, 0.15) is 0 Å². The summed E-state index contributed by atoms with van der Waals surface area (Å²) in [5, 5.41) is 9.95. The van der Waals surface area contributed by atoms with Gasteiger partial charge >= 0.3 is 0 Å². The number of unbranched alkanes of at least 4 members (excludes halogenated alkanes) is 1. The largest absolute Gasteiger partial charge is 0.384 e. The van der Waals surface area contributed by atoms with Crippen LogP contribution in [0.25, 0.3) is 0 Å². The standard InChI is InChI=1S/C15H18O/c1-3-5-9-13(4-2)12-15(16)14-10-7-6-8-11-14/h2,6-8,10-12,15-16H,3,5,9H2,1H3/b13-12+. The first-order valence-electron chi connectivity index (χ1n) is 5.68. The van der Waals surface area contributed by atoms with Crippen LogP contribution in [0, 0.1) is 12.3 Å². The lowest BCUT2D eigenvalue weighted by molar-refractivity contribution is 0.227. The first-order valence-corrected chi connectivity index (χ1v) is 5.68. The van der Waals surface area contributed by atoms with Crippen LogP contribution < -0.4 is 0 Å². The van der Waals surface area contributed by atoms with E-state index in [9.17, 15) is 5.11 Å². The second-order valence-electron chi connectivity index (χ2n) is 3.80. The second kappa shape index (κ2) is 6.87. The minimum Gasteiger partial charge on any atom is -0.384 e. The molecular formula is C15H18O. The molecule has 0 aromatic heterocycles. The fraction of sp³-hybridized carbons (Fsp3) is 0.333. The second-order valence-corrected chi connectivity index (χ2v) is 3.80. The average molecular weight is 214 g/mol. The Hall–Kier alpha value is -1.52. The molecule has 0 aliphatic carbocycles. The van der Waals surface area contributed by atoms with Crippen LogP contribution in [0.4, 0.5) is 0 Å². The number of aliphatic hydroxyl groups is 1. The van der Waals surface area contributed by atoms with E-state index >= 15 is 0 Å². The van der Waals surface area contributed by atoms with Gasteiger partial charge in [-0.15, -0.1) is 6.42 Å². The van der Waals surface area contributed by atoms with Gasteiger partial charge < -0.3 is 5.11 Å². The number of allylic oxidation sites excluding steroid dienone is 1. The van der Waals surface area contributed by atoms with Crippen molar-refractivity contribution in [3.63, 3.8) is 0 Å². The van der Waals surface area contributed by atoms with E-state index in [-0.39, 0.29) is 0 Å². The first-order chi connectivity index (χ1) is 7.77. The van der Waals surface area contributed by atoms with Crippen molar-refractivity contribution >= 4 is 0 Å². The maximum Gasteiger partial charge on any atom is 0.0983 e. The number of rotatable bonds is 5. The molecule has 16 heavy (non-hydrogen) atoms. The highest BCUT2D eigenvalue weighted by Crippen LogP contribution is 2.17. The summed E-state index contributed by atoms with van der Waals surface area (Å²) in [6.07, 6.45) is 9.64. The van der Waals surface area contributed by atoms with E-state index < -0.39 is 6.10 Å². The van der Waals surface area contributed by atoms with Crippen LogP contribution >= 0.6 is 0 Å². The SMILES string of the molecule is C#C/C(=C\C(O)c1ccccc1)CCCC. The van der Waals surface area contributed by atoms with Crippen molar-refractivity contribution in [3.05, 3.63) is 47.5 Å². The van der Waals surface area contributed by atoms with Gasteiger partial charge in [0.25, 0.3) is 0 Å². The highest BCUT2D eigenvalue weighted by Gasteiger charge is 2.04. The quantitative estimate of drug-likeness (QED) is 0.744. The van der Waals surface area contributed by atoms with Gasteiger partial charge in [0, 0.05) is 5.57 Å². The third kappa shape index (κ3) is 3.92. The van der Waals surface area contributed by atoms with E-state index in [0.717, 1.165) is 30.4 Å². The van der Waals surface area contributed by atoms with Gasteiger partial charge in [0.05, 0.1) is 6.10 Å². The number of hydrogen-bond acceptors (Lipinski definition) is 1. The molecule has 0 saturated heterocycles. The van der Waals surface area contributed by atoms with E-state index in [4.69, 9.17) is 6.42 Å². The van der Waals surface area contributed by atoms with E-state index in [0.29, 0.717) is 0 Å². The van der Waals surface area contributed by atoms with Crippen LogP contribution in [-0.2, 0) is 0 Å². The molecular weight excluding hydrogens is 196 g/mol. The van der Waals surface area contributed by atoms with E-state index in [1.54, 1.807) is 6.08 Å².